The van der Waals surface area contributed by atoms with Gasteiger partial charge in [0, 0.05) is 13.1 Å². The normalized spacial score (nSPS) is 17.8. The van der Waals surface area contributed by atoms with Gasteiger partial charge in [0.15, 0.2) is 0 Å². The molecule has 1 amide bonds. The van der Waals surface area contributed by atoms with Crippen LogP contribution in [0.25, 0.3) is 0 Å². The average molecular weight is 336 g/mol. The molecule has 24 heavy (non-hydrogen) atoms. The Kier molecular flexibility index (Phi) is 4.96. The summed E-state index contributed by atoms with van der Waals surface area (Å²) in [6, 6.07) is 3.83. The van der Waals surface area contributed by atoms with E-state index in [9.17, 15) is 9.18 Å². The molecule has 3 rings (SSSR count). The Hall–Kier alpha value is -2.59. The summed E-state index contributed by atoms with van der Waals surface area (Å²) in [7, 11) is 0. The Morgan fingerprint density at radius 1 is 1.54 bits per heavy atom. The first-order valence-corrected chi connectivity index (χ1v) is 7.45. The minimum Gasteiger partial charge on any atom is -0.491 e. The summed E-state index contributed by atoms with van der Waals surface area (Å²) in [5.41, 5.74) is 5.56. The van der Waals surface area contributed by atoms with Crippen LogP contribution < -0.4 is 10.5 Å². The van der Waals surface area contributed by atoms with Crippen LogP contribution in [0.5, 0.6) is 5.75 Å². The molecule has 1 aromatic heterocycles. The highest BCUT2D eigenvalue weighted by Gasteiger charge is 2.30. The summed E-state index contributed by atoms with van der Waals surface area (Å²) in [4.78, 5) is 14.3. The molecule has 3 N–H and O–H groups in total. The quantitative estimate of drug-likeness (QED) is 0.782. The second-order valence-corrected chi connectivity index (χ2v) is 5.16. The van der Waals surface area contributed by atoms with Crippen LogP contribution in [0.1, 0.15) is 22.3 Å². The summed E-state index contributed by atoms with van der Waals surface area (Å²) < 4.78 is 24.6. The maximum Gasteiger partial charge on any atom is 0.257 e. The van der Waals surface area contributed by atoms with Gasteiger partial charge in [-0.2, -0.15) is 5.21 Å². The number of amides is 1. The predicted molar refractivity (Wildman–Crippen MR) is 79.7 cm³/mol. The molecule has 1 aliphatic rings. The lowest BCUT2D eigenvalue weighted by Crippen LogP contribution is -2.42. The van der Waals surface area contributed by atoms with Crippen molar-refractivity contribution in [2.24, 2.45) is 5.73 Å². The molecule has 1 unspecified atom stereocenters. The van der Waals surface area contributed by atoms with E-state index in [0.29, 0.717) is 31.3 Å². The van der Waals surface area contributed by atoms with Gasteiger partial charge in [-0.15, -0.1) is 10.2 Å². The van der Waals surface area contributed by atoms with Crippen molar-refractivity contribution in [2.45, 2.75) is 6.10 Å². The fraction of sp³-hybridized carbons (Fsp3) is 0.429. The maximum absolute atomic E-state index is 13.6. The number of H-pyrrole nitrogens is 1. The van der Waals surface area contributed by atoms with Gasteiger partial charge in [-0.1, -0.05) is 5.21 Å². The fourth-order valence-corrected chi connectivity index (χ4v) is 2.43. The minimum absolute atomic E-state index is 0.150. The zero-order valence-electron chi connectivity index (χ0n) is 12.8. The topological polar surface area (TPSA) is 119 Å². The largest absolute Gasteiger partial charge is 0.491 e. The van der Waals surface area contributed by atoms with Crippen molar-refractivity contribution < 1.29 is 18.7 Å². The van der Waals surface area contributed by atoms with Gasteiger partial charge in [0.05, 0.1) is 18.7 Å². The molecule has 1 aromatic carbocycles. The van der Waals surface area contributed by atoms with Crippen molar-refractivity contribution in [1.29, 1.82) is 0 Å². The smallest absolute Gasteiger partial charge is 0.257 e. The zero-order valence-corrected chi connectivity index (χ0v) is 12.8. The lowest BCUT2D eigenvalue weighted by Gasteiger charge is -2.31. The third-order valence-corrected chi connectivity index (χ3v) is 3.55. The molecule has 0 bridgehead atoms. The predicted octanol–water partition coefficient (Wildman–Crippen LogP) is -0.110. The molecule has 2 aromatic rings. The maximum atomic E-state index is 13.6. The van der Waals surface area contributed by atoms with E-state index in [1.54, 1.807) is 4.90 Å². The van der Waals surface area contributed by atoms with E-state index < -0.39 is 11.9 Å². The molecular formula is C14H17FN6O3. The SMILES string of the molecule is NCCOc1ccc(F)cc1C(=O)N1CCOC(c2nn[nH]n2)C1. The third-order valence-electron chi connectivity index (χ3n) is 3.55. The van der Waals surface area contributed by atoms with E-state index >= 15 is 0 Å². The van der Waals surface area contributed by atoms with Crippen molar-refractivity contribution >= 4 is 5.91 Å². The van der Waals surface area contributed by atoms with Crippen LogP contribution in [0.4, 0.5) is 4.39 Å². The van der Waals surface area contributed by atoms with Gasteiger partial charge in [0.1, 0.15) is 24.3 Å². The van der Waals surface area contributed by atoms with E-state index in [2.05, 4.69) is 20.6 Å². The van der Waals surface area contributed by atoms with Gasteiger partial charge < -0.3 is 20.1 Å². The van der Waals surface area contributed by atoms with Gasteiger partial charge in [0.25, 0.3) is 5.91 Å². The molecule has 0 radical (unpaired) electrons. The van der Waals surface area contributed by atoms with Crippen LogP contribution in [-0.4, -0.2) is 64.3 Å². The van der Waals surface area contributed by atoms with E-state index in [-0.39, 0.29) is 24.6 Å². The zero-order chi connectivity index (χ0) is 16.9. The monoisotopic (exact) mass is 336 g/mol. The second-order valence-electron chi connectivity index (χ2n) is 5.16. The van der Waals surface area contributed by atoms with Crippen molar-refractivity contribution in [3.8, 4) is 5.75 Å². The number of nitrogens with two attached hydrogens (primary N) is 1. The Bertz CT molecular complexity index is 696. The van der Waals surface area contributed by atoms with Crippen molar-refractivity contribution in [3.05, 3.63) is 35.4 Å². The summed E-state index contributed by atoms with van der Waals surface area (Å²) >= 11 is 0. The van der Waals surface area contributed by atoms with Gasteiger partial charge in [-0.05, 0) is 18.2 Å². The number of hydrogen-bond donors (Lipinski definition) is 2. The fourth-order valence-electron chi connectivity index (χ4n) is 2.43. The number of carbonyl (C=O) groups is 1. The van der Waals surface area contributed by atoms with E-state index in [1.807, 2.05) is 0 Å². The van der Waals surface area contributed by atoms with Crippen LogP contribution >= 0.6 is 0 Å². The first-order valence-electron chi connectivity index (χ1n) is 7.45. The molecule has 9 nitrogen and oxygen atoms in total. The number of hydrogen-bond acceptors (Lipinski definition) is 7. The number of rotatable bonds is 5. The average Bonchev–Trinajstić information content (AvgIpc) is 3.15. The van der Waals surface area contributed by atoms with Crippen LogP contribution in [0, 0.1) is 5.82 Å². The molecular weight excluding hydrogens is 319 g/mol. The number of benzene rings is 1. The number of aromatic amines is 1. The molecule has 1 atom stereocenters. The number of aromatic nitrogens is 4. The molecule has 0 aliphatic carbocycles. The Morgan fingerprint density at radius 3 is 3.17 bits per heavy atom. The molecule has 1 saturated heterocycles. The molecule has 1 aliphatic heterocycles. The number of tetrazole rings is 1. The standard InChI is InChI=1S/C14H17FN6O3/c15-9-1-2-11(23-5-3-16)10(7-9)14(22)21-4-6-24-12(8-21)13-17-19-20-18-13/h1-2,7,12H,3-6,8,16H2,(H,17,18,19,20). The van der Waals surface area contributed by atoms with Crippen molar-refractivity contribution in [3.63, 3.8) is 0 Å². The van der Waals surface area contributed by atoms with Gasteiger partial charge >= 0.3 is 0 Å². The molecule has 128 valence electrons. The molecule has 2 heterocycles. The Labute approximate surface area is 136 Å². The van der Waals surface area contributed by atoms with Crippen LogP contribution in [0.15, 0.2) is 18.2 Å². The number of nitrogens with zero attached hydrogens (tertiary/aromatic N) is 4. The third kappa shape index (κ3) is 3.49. The number of carbonyl (C=O) groups excluding carboxylic acids is 1. The van der Waals surface area contributed by atoms with Gasteiger partial charge in [0.2, 0.25) is 5.82 Å². The van der Waals surface area contributed by atoms with E-state index in [1.165, 1.54) is 12.1 Å². The summed E-state index contributed by atoms with van der Waals surface area (Å²) in [5, 5.41) is 13.6. The van der Waals surface area contributed by atoms with Crippen molar-refractivity contribution in [1.82, 2.24) is 25.5 Å². The molecule has 10 heteroatoms. The number of morpholine rings is 1. The lowest BCUT2D eigenvalue weighted by molar-refractivity contribution is -0.0269. The van der Waals surface area contributed by atoms with Crippen LogP contribution in [-0.2, 0) is 4.74 Å². The minimum atomic E-state index is -0.513. The van der Waals surface area contributed by atoms with Gasteiger partial charge in [-0.25, -0.2) is 4.39 Å². The lowest BCUT2D eigenvalue weighted by atomic mass is 10.1. The Balaban J connectivity index is 1.79. The van der Waals surface area contributed by atoms with E-state index in [4.69, 9.17) is 15.2 Å². The summed E-state index contributed by atoms with van der Waals surface area (Å²) in [6.45, 7) is 1.47. The number of ether oxygens (including phenoxy) is 2. The van der Waals surface area contributed by atoms with Crippen molar-refractivity contribution in [2.75, 3.05) is 32.8 Å². The first-order chi connectivity index (χ1) is 11.7. The number of nitrogens with one attached hydrogen (secondary N) is 1. The van der Waals surface area contributed by atoms with Crippen LogP contribution in [0.2, 0.25) is 0 Å². The van der Waals surface area contributed by atoms with Gasteiger partial charge in [-0.3, -0.25) is 4.79 Å². The molecule has 0 saturated carbocycles. The molecule has 0 spiro atoms. The highest BCUT2D eigenvalue weighted by molar-refractivity contribution is 5.97. The van der Waals surface area contributed by atoms with Crippen LogP contribution in [0.3, 0.4) is 0 Å². The second kappa shape index (κ2) is 7.32. The highest BCUT2D eigenvalue weighted by Crippen LogP contribution is 2.25. The highest BCUT2D eigenvalue weighted by atomic mass is 19.1. The summed E-state index contributed by atoms with van der Waals surface area (Å²) in [5.74, 6) is -0.194. The number of halogens is 1. The summed E-state index contributed by atoms with van der Waals surface area (Å²) in [6.07, 6.45) is -0.483. The first kappa shape index (κ1) is 16.3. The Morgan fingerprint density at radius 2 is 2.42 bits per heavy atom. The molecule has 1 fully saturated rings. The van der Waals surface area contributed by atoms with E-state index in [0.717, 1.165) is 6.07 Å².